The lowest BCUT2D eigenvalue weighted by atomic mass is 10.2. The van der Waals surface area contributed by atoms with Crippen LogP contribution in [-0.4, -0.2) is 28.8 Å². The van der Waals surface area contributed by atoms with Crippen LogP contribution in [0.5, 0.6) is 0 Å². The molecule has 2 heterocycles. The molecule has 0 saturated carbocycles. The third kappa shape index (κ3) is 4.44. The number of halogens is 3. The van der Waals surface area contributed by atoms with Gasteiger partial charge in [0.25, 0.3) is 5.91 Å². The van der Waals surface area contributed by atoms with Crippen LogP contribution in [0.2, 0.25) is 0 Å². The number of hydrogen-bond donors (Lipinski definition) is 2. The standard InChI is InChI=1S/C16H15F3N4O2/c17-16(18,19)13-7-8-14(23-22-13)20-10-3-5-11(6-4-10)21-15(24)12-2-1-9-25-12/h3-8,12H,1-2,9H2,(H,20,23)(H,21,24). The van der Waals surface area contributed by atoms with E-state index in [2.05, 4.69) is 20.8 Å². The zero-order chi connectivity index (χ0) is 17.9. The summed E-state index contributed by atoms with van der Waals surface area (Å²) in [5.74, 6) is -0.00374. The molecule has 0 aliphatic carbocycles. The van der Waals surface area contributed by atoms with E-state index in [0.717, 1.165) is 12.5 Å². The van der Waals surface area contributed by atoms with Crippen molar-refractivity contribution >= 4 is 23.1 Å². The van der Waals surface area contributed by atoms with Gasteiger partial charge in [0.15, 0.2) is 11.5 Å². The number of rotatable bonds is 4. The third-order valence-corrected chi connectivity index (χ3v) is 3.60. The second-order valence-electron chi connectivity index (χ2n) is 5.49. The Morgan fingerprint density at radius 3 is 2.36 bits per heavy atom. The summed E-state index contributed by atoms with van der Waals surface area (Å²) in [4.78, 5) is 11.9. The van der Waals surface area contributed by atoms with Crippen LogP contribution in [0.4, 0.5) is 30.4 Å². The molecule has 1 atom stereocenters. The number of nitrogens with zero attached hydrogens (tertiary/aromatic N) is 2. The first-order chi connectivity index (χ1) is 11.9. The summed E-state index contributed by atoms with van der Waals surface area (Å²) >= 11 is 0. The minimum atomic E-state index is -4.52. The van der Waals surface area contributed by atoms with Crippen LogP contribution < -0.4 is 10.6 Å². The molecule has 3 rings (SSSR count). The van der Waals surface area contributed by atoms with E-state index in [9.17, 15) is 18.0 Å². The van der Waals surface area contributed by atoms with Crippen molar-refractivity contribution in [3.05, 3.63) is 42.1 Å². The highest BCUT2D eigenvalue weighted by Crippen LogP contribution is 2.27. The summed E-state index contributed by atoms with van der Waals surface area (Å²) < 4.78 is 42.6. The van der Waals surface area contributed by atoms with Gasteiger partial charge < -0.3 is 15.4 Å². The lowest BCUT2D eigenvalue weighted by Crippen LogP contribution is -2.26. The molecule has 1 aliphatic rings. The lowest BCUT2D eigenvalue weighted by molar-refractivity contribution is -0.141. The maximum Gasteiger partial charge on any atom is 0.435 e. The van der Waals surface area contributed by atoms with Gasteiger partial charge in [0.2, 0.25) is 0 Å². The second kappa shape index (κ2) is 7.06. The Kier molecular flexibility index (Phi) is 4.84. The minimum absolute atomic E-state index is 0.184. The van der Waals surface area contributed by atoms with E-state index in [1.165, 1.54) is 6.07 Å². The Labute approximate surface area is 141 Å². The molecule has 0 radical (unpaired) electrons. The number of carbonyl (C=O) groups excluding carboxylic acids is 1. The molecule has 25 heavy (non-hydrogen) atoms. The van der Waals surface area contributed by atoms with Crippen molar-refractivity contribution < 1.29 is 22.7 Å². The van der Waals surface area contributed by atoms with E-state index in [0.29, 0.717) is 24.4 Å². The molecular weight excluding hydrogens is 337 g/mol. The average Bonchev–Trinajstić information content (AvgIpc) is 3.11. The maximum absolute atomic E-state index is 12.4. The monoisotopic (exact) mass is 352 g/mol. The van der Waals surface area contributed by atoms with Gasteiger partial charge in [0, 0.05) is 18.0 Å². The van der Waals surface area contributed by atoms with Crippen molar-refractivity contribution in [2.45, 2.75) is 25.1 Å². The second-order valence-corrected chi connectivity index (χ2v) is 5.49. The number of benzene rings is 1. The van der Waals surface area contributed by atoms with Crippen molar-refractivity contribution in [1.82, 2.24) is 10.2 Å². The molecule has 9 heteroatoms. The van der Waals surface area contributed by atoms with E-state index >= 15 is 0 Å². The van der Waals surface area contributed by atoms with E-state index in [1.807, 2.05) is 0 Å². The van der Waals surface area contributed by atoms with Crippen LogP contribution in [0.3, 0.4) is 0 Å². The van der Waals surface area contributed by atoms with Gasteiger partial charge in [-0.1, -0.05) is 0 Å². The van der Waals surface area contributed by atoms with Crippen LogP contribution >= 0.6 is 0 Å². The Hall–Kier alpha value is -2.68. The quantitative estimate of drug-likeness (QED) is 0.882. The van der Waals surface area contributed by atoms with Crippen molar-refractivity contribution in [3.63, 3.8) is 0 Å². The topological polar surface area (TPSA) is 76.1 Å². The SMILES string of the molecule is O=C(Nc1ccc(Nc2ccc(C(F)(F)F)nn2)cc1)C1CCCO1. The van der Waals surface area contributed by atoms with E-state index < -0.39 is 18.0 Å². The molecule has 0 bridgehead atoms. The normalized spacial score (nSPS) is 17.3. The summed E-state index contributed by atoms with van der Waals surface area (Å²) in [6.07, 6.45) is -3.36. The first kappa shape index (κ1) is 17.2. The van der Waals surface area contributed by atoms with Gasteiger partial charge in [-0.2, -0.15) is 13.2 Å². The molecule has 1 aromatic carbocycles. The minimum Gasteiger partial charge on any atom is -0.368 e. The van der Waals surface area contributed by atoms with Gasteiger partial charge in [0.05, 0.1) is 0 Å². The molecule has 1 fully saturated rings. The highest BCUT2D eigenvalue weighted by molar-refractivity contribution is 5.94. The summed E-state index contributed by atoms with van der Waals surface area (Å²) in [5, 5.41) is 12.2. The van der Waals surface area contributed by atoms with E-state index in [4.69, 9.17) is 4.74 Å². The van der Waals surface area contributed by atoms with Gasteiger partial charge in [-0.05, 0) is 49.2 Å². The zero-order valence-corrected chi connectivity index (χ0v) is 13.0. The highest BCUT2D eigenvalue weighted by Gasteiger charge is 2.32. The van der Waals surface area contributed by atoms with Crippen LogP contribution in [0.1, 0.15) is 18.5 Å². The number of aromatic nitrogens is 2. The van der Waals surface area contributed by atoms with E-state index in [1.54, 1.807) is 24.3 Å². The lowest BCUT2D eigenvalue weighted by Gasteiger charge is -2.11. The highest BCUT2D eigenvalue weighted by atomic mass is 19.4. The number of anilines is 3. The Morgan fingerprint density at radius 1 is 1.08 bits per heavy atom. The van der Waals surface area contributed by atoms with Crippen LogP contribution in [0, 0.1) is 0 Å². The van der Waals surface area contributed by atoms with Gasteiger partial charge in [-0.25, -0.2) is 0 Å². The first-order valence-corrected chi connectivity index (χ1v) is 7.62. The van der Waals surface area contributed by atoms with Gasteiger partial charge >= 0.3 is 6.18 Å². The van der Waals surface area contributed by atoms with Crippen LogP contribution in [-0.2, 0) is 15.7 Å². The molecular formula is C16H15F3N4O2. The van der Waals surface area contributed by atoms with Crippen molar-refractivity contribution in [2.24, 2.45) is 0 Å². The first-order valence-electron chi connectivity index (χ1n) is 7.62. The fourth-order valence-corrected chi connectivity index (χ4v) is 2.34. The molecule has 1 aromatic heterocycles. The summed E-state index contributed by atoms with van der Waals surface area (Å²) in [6, 6.07) is 8.74. The van der Waals surface area contributed by atoms with Crippen LogP contribution in [0.15, 0.2) is 36.4 Å². The van der Waals surface area contributed by atoms with Crippen molar-refractivity contribution in [2.75, 3.05) is 17.2 Å². The van der Waals surface area contributed by atoms with Crippen LogP contribution in [0.25, 0.3) is 0 Å². The fraction of sp³-hybridized carbons (Fsp3) is 0.312. The number of carbonyl (C=O) groups is 1. The molecule has 6 nitrogen and oxygen atoms in total. The number of ether oxygens (including phenoxy) is 1. The summed E-state index contributed by atoms with van der Waals surface area (Å²) in [6.45, 7) is 0.592. The Balaban J connectivity index is 1.59. The smallest absolute Gasteiger partial charge is 0.368 e. The van der Waals surface area contributed by atoms with Gasteiger partial charge in [0.1, 0.15) is 6.10 Å². The molecule has 2 N–H and O–H groups in total. The molecule has 2 aromatic rings. The molecule has 1 aliphatic heterocycles. The zero-order valence-electron chi connectivity index (χ0n) is 13.0. The molecule has 1 amide bonds. The van der Waals surface area contributed by atoms with Crippen molar-refractivity contribution in [3.8, 4) is 0 Å². The molecule has 0 spiro atoms. The number of amides is 1. The summed E-state index contributed by atoms with van der Waals surface area (Å²) in [5.41, 5.74) is 0.152. The van der Waals surface area contributed by atoms with Gasteiger partial charge in [-0.15, -0.1) is 10.2 Å². The Morgan fingerprint density at radius 2 is 1.80 bits per heavy atom. The molecule has 1 unspecified atom stereocenters. The largest absolute Gasteiger partial charge is 0.435 e. The predicted octanol–water partition coefficient (Wildman–Crippen LogP) is 3.36. The van der Waals surface area contributed by atoms with Crippen molar-refractivity contribution in [1.29, 1.82) is 0 Å². The third-order valence-electron chi connectivity index (χ3n) is 3.60. The predicted molar refractivity (Wildman–Crippen MR) is 84.4 cm³/mol. The number of hydrogen-bond acceptors (Lipinski definition) is 5. The summed E-state index contributed by atoms with van der Waals surface area (Å²) in [7, 11) is 0. The van der Waals surface area contributed by atoms with Gasteiger partial charge in [-0.3, -0.25) is 4.79 Å². The fourth-order valence-electron chi connectivity index (χ4n) is 2.34. The maximum atomic E-state index is 12.4. The number of alkyl halides is 3. The Bertz CT molecular complexity index is 727. The average molecular weight is 352 g/mol. The number of nitrogens with one attached hydrogen (secondary N) is 2. The molecule has 1 saturated heterocycles. The van der Waals surface area contributed by atoms with E-state index in [-0.39, 0.29) is 11.7 Å². The molecule has 132 valence electrons.